The van der Waals surface area contributed by atoms with Gasteiger partial charge in [-0.2, -0.15) is 0 Å². The first-order valence-electron chi connectivity index (χ1n) is 8.84. The van der Waals surface area contributed by atoms with Crippen LogP contribution in [0.2, 0.25) is 0 Å². The molecule has 1 aliphatic carbocycles. The van der Waals surface area contributed by atoms with Crippen molar-refractivity contribution in [2.24, 2.45) is 5.92 Å². The molecule has 2 rings (SSSR count). The summed E-state index contributed by atoms with van der Waals surface area (Å²) in [5, 5.41) is 0. The maximum Gasteiger partial charge on any atom is 0.242 e. The molecule has 25 heavy (non-hydrogen) atoms. The molecule has 0 N–H and O–H groups in total. The summed E-state index contributed by atoms with van der Waals surface area (Å²) in [6, 6.07) is 4.77. The molecule has 0 atom stereocenters. The zero-order valence-corrected chi connectivity index (χ0v) is 15.8. The number of hydrogen-bond donors (Lipinski definition) is 0. The van der Waals surface area contributed by atoms with Crippen molar-refractivity contribution in [3.63, 3.8) is 0 Å². The summed E-state index contributed by atoms with van der Waals surface area (Å²) in [5.41, 5.74) is 0. The predicted octanol–water partition coefficient (Wildman–Crippen LogP) is 2.88. The van der Waals surface area contributed by atoms with Crippen LogP contribution in [0.4, 0.5) is 4.39 Å². The van der Waals surface area contributed by atoms with Gasteiger partial charge in [0.05, 0.1) is 4.90 Å². The van der Waals surface area contributed by atoms with E-state index >= 15 is 0 Å². The molecule has 7 heteroatoms. The van der Waals surface area contributed by atoms with Crippen molar-refractivity contribution in [3.8, 4) is 0 Å². The van der Waals surface area contributed by atoms with E-state index in [0.717, 1.165) is 31.6 Å². The molecule has 1 aromatic carbocycles. The van der Waals surface area contributed by atoms with Gasteiger partial charge >= 0.3 is 0 Å². The van der Waals surface area contributed by atoms with Gasteiger partial charge < -0.3 is 4.90 Å². The van der Waals surface area contributed by atoms with Gasteiger partial charge in [-0.15, -0.1) is 0 Å². The molecule has 0 aliphatic heterocycles. The van der Waals surface area contributed by atoms with Crippen molar-refractivity contribution in [2.75, 3.05) is 26.7 Å². The van der Waals surface area contributed by atoms with Crippen LogP contribution in [0.1, 0.15) is 39.0 Å². The summed E-state index contributed by atoms with van der Waals surface area (Å²) >= 11 is 0. The Kier molecular flexibility index (Phi) is 6.95. The fourth-order valence-electron chi connectivity index (χ4n) is 2.72. The van der Waals surface area contributed by atoms with Gasteiger partial charge in [0, 0.05) is 33.1 Å². The zero-order chi connectivity index (χ0) is 18.4. The third-order valence-corrected chi connectivity index (χ3v) is 6.28. The van der Waals surface area contributed by atoms with Gasteiger partial charge in [0.25, 0.3) is 0 Å². The average molecular weight is 370 g/mol. The third kappa shape index (κ3) is 5.78. The fraction of sp³-hybridized carbons (Fsp3) is 0.611. The van der Waals surface area contributed by atoms with Crippen LogP contribution >= 0.6 is 0 Å². The lowest BCUT2D eigenvalue weighted by atomic mass is 10.2. The fourth-order valence-corrected chi connectivity index (χ4v) is 3.93. The molecule has 1 amide bonds. The molecular weight excluding hydrogens is 343 g/mol. The molecule has 1 saturated carbocycles. The number of sulfonamides is 1. The SMILES string of the molecule is CCCN(CC1CC1)C(=O)CCCN(C)S(=O)(=O)c1ccc(F)cc1. The van der Waals surface area contributed by atoms with Gasteiger partial charge in [-0.25, -0.2) is 17.1 Å². The number of carbonyl (C=O) groups excluding carboxylic acids is 1. The topological polar surface area (TPSA) is 57.7 Å². The Bertz CT molecular complexity index is 672. The first-order valence-corrected chi connectivity index (χ1v) is 10.3. The van der Waals surface area contributed by atoms with E-state index < -0.39 is 15.8 Å². The van der Waals surface area contributed by atoms with Crippen molar-refractivity contribution < 1.29 is 17.6 Å². The van der Waals surface area contributed by atoms with Gasteiger partial charge in [-0.3, -0.25) is 4.79 Å². The number of halogens is 1. The number of amides is 1. The van der Waals surface area contributed by atoms with E-state index in [1.54, 1.807) is 0 Å². The Balaban J connectivity index is 1.84. The molecule has 140 valence electrons. The van der Waals surface area contributed by atoms with Gasteiger partial charge in [-0.1, -0.05) is 6.92 Å². The number of hydrogen-bond acceptors (Lipinski definition) is 3. The van der Waals surface area contributed by atoms with Crippen LogP contribution in [0.25, 0.3) is 0 Å². The van der Waals surface area contributed by atoms with Crippen LogP contribution in [-0.4, -0.2) is 50.2 Å². The van der Waals surface area contributed by atoms with Crippen LogP contribution in [0.3, 0.4) is 0 Å². The highest BCUT2D eigenvalue weighted by Crippen LogP contribution is 2.30. The summed E-state index contributed by atoms with van der Waals surface area (Å²) in [6.45, 7) is 3.90. The molecule has 0 heterocycles. The highest BCUT2D eigenvalue weighted by molar-refractivity contribution is 7.89. The van der Waals surface area contributed by atoms with E-state index in [1.165, 1.54) is 36.3 Å². The third-order valence-electron chi connectivity index (χ3n) is 4.41. The molecule has 5 nitrogen and oxygen atoms in total. The van der Waals surface area contributed by atoms with Crippen LogP contribution in [-0.2, 0) is 14.8 Å². The monoisotopic (exact) mass is 370 g/mol. The molecule has 1 aliphatic rings. The lowest BCUT2D eigenvalue weighted by molar-refractivity contribution is -0.131. The second-order valence-electron chi connectivity index (χ2n) is 6.67. The minimum absolute atomic E-state index is 0.0593. The smallest absolute Gasteiger partial charge is 0.242 e. The summed E-state index contributed by atoms with van der Waals surface area (Å²) in [7, 11) is -2.17. The van der Waals surface area contributed by atoms with Gasteiger partial charge in [0.2, 0.25) is 15.9 Å². The van der Waals surface area contributed by atoms with E-state index in [4.69, 9.17) is 0 Å². The number of rotatable bonds is 10. The quantitative estimate of drug-likeness (QED) is 0.636. The van der Waals surface area contributed by atoms with Crippen LogP contribution in [0.15, 0.2) is 29.2 Å². The highest BCUT2D eigenvalue weighted by atomic mass is 32.2. The predicted molar refractivity (Wildman–Crippen MR) is 95.0 cm³/mol. The molecule has 1 aromatic rings. The number of nitrogens with zero attached hydrogens (tertiary/aromatic N) is 2. The van der Waals surface area contributed by atoms with E-state index in [0.29, 0.717) is 18.8 Å². The van der Waals surface area contributed by atoms with Gasteiger partial charge in [0.15, 0.2) is 0 Å². The van der Waals surface area contributed by atoms with Crippen LogP contribution in [0, 0.1) is 11.7 Å². The molecule has 0 saturated heterocycles. The Labute approximate surface area is 149 Å². The maximum absolute atomic E-state index is 13.0. The van der Waals surface area contributed by atoms with Gasteiger partial charge in [-0.05, 0) is 55.9 Å². The Morgan fingerprint density at radius 2 is 1.84 bits per heavy atom. The number of carbonyl (C=O) groups is 1. The van der Waals surface area contributed by atoms with Crippen molar-refractivity contribution in [3.05, 3.63) is 30.1 Å². The highest BCUT2D eigenvalue weighted by Gasteiger charge is 2.26. The van der Waals surface area contributed by atoms with Crippen molar-refractivity contribution in [1.29, 1.82) is 0 Å². The minimum Gasteiger partial charge on any atom is -0.342 e. The van der Waals surface area contributed by atoms with Crippen LogP contribution < -0.4 is 0 Å². The maximum atomic E-state index is 13.0. The lowest BCUT2D eigenvalue weighted by Gasteiger charge is -2.23. The Morgan fingerprint density at radius 3 is 2.40 bits per heavy atom. The molecule has 0 spiro atoms. The standard InChI is InChI=1S/C18H27FN2O3S/c1-3-12-21(14-15-6-7-15)18(22)5-4-13-20(2)25(23,24)17-10-8-16(19)9-11-17/h8-11,15H,3-7,12-14H2,1-2H3. The summed E-state index contributed by atoms with van der Waals surface area (Å²) in [6.07, 6.45) is 4.15. The largest absolute Gasteiger partial charge is 0.342 e. The first kappa shape index (κ1) is 19.8. The van der Waals surface area contributed by atoms with E-state index in [1.807, 2.05) is 4.90 Å². The minimum atomic E-state index is -3.65. The van der Waals surface area contributed by atoms with E-state index in [2.05, 4.69) is 6.92 Å². The Morgan fingerprint density at radius 1 is 1.20 bits per heavy atom. The first-order chi connectivity index (χ1) is 11.8. The van der Waals surface area contributed by atoms with Crippen molar-refractivity contribution in [2.45, 2.75) is 43.9 Å². The number of benzene rings is 1. The summed E-state index contributed by atoms with van der Waals surface area (Å²) in [4.78, 5) is 14.3. The normalized spacial score (nSPS) is 14.7. The molecule has 0 aromatic heterocycles. The van der Waals surface area contributed by atoms with Crippen LogP contribution in [0.5, 0.6) is 0 Å². The van der Waals surface area contributed by atoms with Crippen molar-refractivity contribution >= 4 is 15.9 Å². The van der Waals surface area contributed by atoms with Crippen molar-refractivity contribution in [1.82, 2.24) is 9.21 Å². The summed E-state index contributed by atoms with van der Waals surface area (Å²) < 4.78 is 39.0. The second-order valence-corrected chi connectivity index (χ2v) is 8.71. The summed E-state index contributed by atoms with van der Waals surface area (Å²) in [5.74, 6) is 0.275. The molecule has 1 fully saturated rings. The lowest BCUT2D eigenvalue weighted by Crippen LogP contribution is -2.34. The van der Waals surface area contributed by atoms with E-state index in [-0.39, 0.29) is 17.3 Å². The molecule has 0 radical (unpaired) electrons. The zero-order valence-electron chi connectivity index (χ0n) is 14.9. The Hall–Kier alpha value is -1.47. The molecular formula is C18H27FN2O3S. The second kappa shape index (κ2) is 8.76. The van der Waals surface area contributed by atoms with Gasteiger partial charge in [0.1, 0.15) is 5.82 Å². The average Bonchev–Trinajstić information content (AvgIpc) is 3.38. The molecule has 0 unspecified atom stereocenters. The van der Waals surface area contributed by atoms with E-state index in [9.17, 15) is 17.6 Å². The molecule has 0 bridgehead atoms.